The van der Waals surface area contributed by atoms with Crippen LogP contribution in [0.25, 0.3) is 22.3 Å². The van der Waals surface area contributed by atoms with Gasteiger partial charge in [0.25, 0.3) is 5.91 Å². The van der Waals surface area contributed by atoms with E-state index in [0.717, 1.165) is 24.5 Å². The standard InChI is InChI=1S/C25H22F4N6O/c1-33-20(11-21(31-33)25(27,28)29)23-16-10-14-5-3-8-19(22(16)32-34(23)2)35(14)24(36)13-9-15-17(26)6-4-7-18(15)30-12-13/h4,6-7,9,11-12,14,19H,3,5,8,10H2,1-2H3/t14-,19+/m0/s1. The van der Waals surface area contributed by atoms with E-state index in [1.807, 2.05) is 0 Å². The van der Waals surface area contributed by atoms with E-state index in [9.17, 15) is 22.4 Å². The van der Waals surface area contributed by atoms with Gasteiger partial charge in [0.2, 0.25) is 0 Å². The fourth-order valence-electron chi connectivity index (χ4n) is 5.68. The van der Waals surface area contributed by atoms with Crippen LogP contribution < -0.4 is 0 Å². The molecule has 5 heterocycles. The number of alkyl halides is 3. The van der Waals surface area contributed by atoms with Crippen LogP contribution >= 0.6 is 0 Å². The molecule has 1 amide bonds. The van der Waals surface area contributed by atoms with Gasteiger partial charge in [0.1, 0.15) is 5.82 Å². The predicted octanol–water partition coefficient (Wildman–Crippen LogP) is 4.82. The molecule has 4 aromatic rings. The Balaban J connectivity index is 1.42. The maximum Gasteiger partial charge on any atom is 0.435 e. The van der Waals surface area contributed by atoms with Crippen LogP contribution in [0.5, 0.6) is 0 Å². The molecule has 6 rings (SSSR count). The first-order valence-electron chi connectivity index (χ1n) is 11.7. The minimum absolute atomic E-state index is 0.154. The summed E-state index contributed by atoms with van der Waals surface area (Å²) in [6, 6.07) is 6.68. The summed E-state index contributed by atoms with van der Waals surface area (Å²) in [5.74, 6) is -0.695. The third-order valence-electron chi connectivity index (χ3n) is 7.24. The highest BCUT2D eigenvalue weighted by Crippen LogP contribution is 2.45. The lowest BCUT2D eigenvalue weighted by molar-refractivity contribution is -0.141. The number of benzene rings is 1. The van der Waals surface area contributed by atoms with Crippen LogP contribution in [0.1, 0.15) is 52.6 Å². The van der Waals surface area contributed by atoms with Crippen LogP contribution in [0.15, 0.2) is 36.5 Å². The Morgan fingerprint density at radius 2 is 1.89 bits per heavy atom. The number of carbonyl (C=O) groups is 1. The first-order chi connectivity index (χ1) is 17.1. The van der Waals surface area contributed by atoms with Crippen molar-refractivity contribution in [2.45, 2.75) is 43.9 Å². The van der Waals surface area contributed by atoms with E-state index >= 15 is 0 Å². The van der Waals surface area contributed by atoms with E-state index in [2.05, 4.69) is 15.2 Å². The molecule has 2 bridgehead atoms. The van der Waals surface area contributed by atoms with Crippen molar-refractivity contribution in [3.8, 4) is 11.4 Å². The van der Waals surface area contributed by atoms with Gasteiger partial charge in [0.15, 0.2) is 5.69 Å². The molecule has 0 N–H and O–H groups in total. The van der Waals surface area contributed by atoms with E-state index in [0.29, 0.717) is 41.0 Å². The minimum atomic E-state index is -4.55. The van der Waals surface area contributed by atoms with Crippen LogP contribution in [0.3, 0.4) is 0 Å². The van der Waals surface area contributed by atoms with Crippen molar-refractivity contribution in [2.75, 3.05) is 0 Å². The number of fused-ring (bicyclic) bond motifs is 5. The number of piperidine rings is 1. The summed E-state index contributed by atoms with van der Waals surface area (Å²) < 4.78 is 57.1. The van der Waals surface area contributed by atoms with Crippen LogP contribution in [0, 0.1) is 5.82 Å². The van der Waals surface area contributed by atoms with Gasteiger partial charge in [-0.05, 0) is 49.9 Å². The Morgan fingerprint density at radius 1 is 1.08 bits per heavy atom. The summed E-state index contributed by atoms with van der Waals surface area (Å²) in [7, 11) is 3.18. The first kappa shape index (κ1) is 22.7. The monoisotopic (exact) mass is 498 g/mol. The zero-order chi connectivity index (χ0) is 25.4. The van der Waals surface area contributed by atoms with Crippen molar-refractivity contribution in [3.05, 3.63) is 64.9 Å². The Kier molecular flexibility index (Phi) is 4.96. The zero-order valence-electron chi connectivity index (χ0n) is 19.6. The summed E-state index contributed by atoms with van der Waals surface area (Å²) in [6.07, 6.45) is -0.290. The third-order valence-corrected chi connectivity index (χ3v) is 7.24. The van der Waals surface area contributed by atoms with Crippen LogP contribution in [-0.2, 0) is 26.7 Å². The van der Waals surface area contributed by atoms with Crippen LogP contribution in [-0.4, -0.2) is 41.4 Å². The SMILES string of the molecule is Cn1nc(C(F)(F)F)cc1-c1c2c(nn1C)[C@H]1CCC[C@@H](C2)N1C(=O)c1cnc2cccc(F)c2c1. The number of halogens is 4. The Labute approximate surface area is 203 Å². The zero-order valence-corrected chi connectivity index (χ0v) is 19.6. The second kappa shape index (κ2) is 7.87. The molecule has 1 aromatic carbocycles. The fourth-order valence-corrected chi connectivity index (χ4v) is 5.68. The normalized spacial score (nSPS) is 19.6. The van der Waals surface area contributed by atoms with E-state index in [1.54, 1.807) is 28.8 Å². The molecular weight excluding hydrogens is 476 g/mol. The number of rotatable bonds is 2. The topological polar surface area (TPSA) is 68.8 Å². The van der Waals surface area contributed by atoms with Crippen molar-refractivity contribution in [2.24, 2.45) is 14.1 Å². The number of aromatic nitrogens is 5. The lowest BCUT2D eigenvalue weighted by Gasteiger charge is -2.45. The van der Waals surface area contributed by atoms with Crippen LogP contribution in [0.4, 0.5) is 17.6 Å². The number of aryl methyl sites for hydroxylation is 2. The van der Waals surface area contributed by atoms with Crippen LogP contribution in [0.2, 0.25) is 0 Å². The molecule has 0 aliphatic carbocycles. The highest BCUT2D eigenvalue weighted by Gasteiger charge is 2.44. The lowest BCUT2D eigenvalue weighted by Crippen LogP contribution is -2.49. The maximum atomic E-state index is 14.4. The first-order valence-corrected chi connectivity index (χ1v) is 11.7. The Bertz CT molecular complexity index is 1520. The van der Waals surface area contributed by atoms with Gasteiger partial charge in [0.05, 0.1) is 34.2 Å². The summed E-state index contributed by atoms with van der Waals surface area (Å²) >= 11 is 0. The Morgan fingerprint density at radius 3 is 2.64 bits per heavy atom. The van der Waals surface area contributed by atoms with Gasteiger partial charge in [-0.3, -0.25) is 19.1 Å². The Hall–Kier alpha value is -3.76. The van der Waals surface area contributed by atoms with E-state index in [-0.39, 0.29) is 23.4 Å². The molecule has 2 aliphatic rings. The molecular formula is C25H22F4N6O. The molecule has 1 saturated heterocycles. The molecule has 0 saturated carbocycles. The quantitative estimate of drug-likeness (QED) is 0.372. The number of nitrogens with zero attached hydrogens (tertiary/aromatic N) is 6. The number of hydrogen-bond acceptors (Lipinski definition) is 4. The number of amides is 1. The van der Waals surface area contributed by atoms with Gasteiger partial charge in [-0.2, -0.15) is 23.4 Å². The average Bonchev–Trinajstić information content (AvgIpc) is 3.37. The maximum absolute atomic E-state index is 14.4. The highest BCUT2D eigenvalue weighted by molar-refractivity contribution is 5.98. The van der Waals surface area contributed by atoms with E-state index in [4.69, 9.17) is 0 Å². The number of carbonyl (C=O) groups excluding carboxylic acids is 1. The van der Waals surface area contributed by atoms with Crippen molar-refractivity contribution >= 4 is 16.8 Å². The average molecular weight is 498 g/mol. The molecule has 2 atom stereocenters. The van der Waals surface area contributed by atoms with Gasteiger partial charge in [0, 0.05) is 37.3 Å². The van der Waals surface area contributed by atoms with Crippen molar-refractivity contribution in [1.82, 2.24) is 29.4 Å². The molecule has 0 unspecified atom stereocenters. The third kappa shape index (κ3) is 3.40. The second-order valence-electron chi connectivity index (χ2n) is 9.42. The number of hydrogen-bond donors (Lipinski definition) is 0. The van der Waals surface area contributed by atoms with Gasteiger partial charge >= 0.3 is 6.18 Å². The molecule has 1 fully saturated rings. The molecule has 2 aliphatic heterocycles. The molecule has 11 heteroatoms. The molecule has 3 aromatic heterocycles. The smallest absolute Gasteiger partial charge is 0.327 e. The van der Waals surface area contributed by atoms with Gasteiger partial charge in [-0.25, -0.2) is 4.39 Å². The molecule has 0 radical (unpaired) electrons. The van der Waals surface area contributed by atoms with Gasteiger partial charge in [-0.15, -0.1) is 0 Å². The van der Waals surface area contributed by atoms with Gasteiger partial charge < -0.3 is 4.90 Å². The van der Waals surface area contributed by atoms with Crippen molar-refractivity contribution < 1.29 is 22.4 Å². The van der Waals surface area contributed by atoms with E-state index < -0.39 is 17.7 Å². The summed E-state index contributed by atoms with van der Waals surface area (Å²) in [5, 5.41) is 8.62. The van der Waals surface area contributed by atoms with Gasteiger partial charge in [-0.1, -0.05) is 6.07 Å². The van der Waals surface area contributed by atoms with Crippen molar-refractivity contribution in [3.63, 3.8) is 0 Å². The highest BCUT2D eigenvalue weighted by atomic mass is 19.4. The van der Waals surface area contributed by atoms with Crippen molar-refractivity contribution in [1.29, 1.82) is 0 Å². The number of pyridine rings is 1. The largest absolute Gasteiger partial charge is 0.435 e. The molecule has 7 nitrogen and oxygen atoms in total. The second-order valence-corrected chi connectivity index (χ2v) is 9.42. The molecule has 186 valence electrons. The lowest BCUT2D eigenvalue weighted by atomic mass is 9.81. The minimum Gasteiger partial charge on any atom is -0.327 e. The summed E-state index contributed by atoms with van der Waals surface area (Å²) in [4.78, 5) is 19.8. The molecule has 0 spiro atoms. The summed E-state index contributed by atoms with van der Waals surface area (Å²) in [5.41, 5.74) is 2.24. The molecule has 36 heavy (non-hydrogen) atoms. The fraction of sp³-hybridized carbons (Fsp3) is 0.360. The summed E-state index contributed by atoms with van der Waals surface area (Å²) in [6.45, 7) is 0. The van der Waals surface area contributed by atoms with E-state index in [1.165, 1.54) is 30.1 Å². The predicted molar refractivity (Wildman–Crippen MR) is 122 cm³/mol.